The normalized spacial score (nSPS) is 13.0. The van der Waals surface area contributed by atoms with E-state index < -0.39 is 0 Å². The summed E-state index contributed by atoms with van der Waals surface area (Å²) in [6, 6.07) is 3.22. The molecule has 0 aliphatic carbocycles. The van der Waals surface area contributed by atoms with Gasteiger partial charge in [-0.25, -0.2) is 4.39 Å². The molecule has 0 fully saturated rings. The van der Waals surface area contributed by atoms with Gasteiger partial charge in [0.05, 0.1) is 0 Å². The minimum atomic E-state index is -0.185. The van der Waals surface area contributed by atoms with Crippen molar-refractivity contribution in [1.82, 2.24) is 0 Å². The fourth-order valence-electron chi connectivity index (χ4n) is 1.22. The maximum Gasteiger partial charge on any atom is 0.127 e. The van der Waals surface area contributed by atoms with Crippen molar-refractivity contribution in [3.05, 3.63) is 33.5 Å². The molecule has 1 unspecified atom stereocenters. The summed E-state index contributed by atoms with van der Waals surface area (Å²) in [5.74, 6) is -0.185. The van der Waals surface area contributed by atoms with E-state index in [1.165, 1.54) is 6.07 Å². The molecule has 3 heteroatoms. The summed E-state index contributed by atoms with van der Waals surface area (Å²) in [5, 5.41) is 0. The van der Waals surface area contributed by atoms with Gasteiger partial charge in [0.1, 0.15) is 5.82 Å². The molecule has 0 radical (unpaired) electrons. The Labute approximate surface area is 86.3 Å². The number of hydrogen-bond acceptors (Lipinski definition) is 1. The number of aryl methyl sites for hydroxylation is 1. The van der Waals surface area contributed by atoms with Crippen LogP contribution in [0.4, 0.5) is 4.39 Å². The molecule has 1 aromatic rings. The van der Waals surface area contributed by atoms with Gasteiger partial charge >= 0.3 is 0 Å². The first kappa shape index (κ1) is 10.7. The molecule has 0 saturated heterocycles. The zero-order valence-electron chi connectivity index (χ0n) is 7.77. The summed E-state index contributed by atoms with van der Waals surface area (Å²) in [6.07, 6.45) is 0.564. The predicted molar refractivity (Wildman–Crippen MR) is 56.2 cm³/mol. The Morgan fingerprint density at radius 1 is 1.54 bits per heavy atom. The molecule has 0 saturated carbocycles. The lowest BCUT2D eigenvalue weighted by Crippen LogP contribution is -2.19. The van der Waals surface area contributed by atoms with Crippen molar-refractivity contribution in [2.24, 2.45) is 5.73 Å². The average Bonchev–Trinajstić information content (AvgIpc) is 2.05. The summed E-state index contributed by atoms with van der Waals surface area (Å²) >= 11 is 3.36. The number of benzene rings is 1. The molecule has 0 aliphatic rings. The van der Waals surface area contributed by atoms with E-state index in [2.05, 4.69) is 15.9 Å². The van der Waals surface area contributed by atoms with Crippen LogP contribution < -0.4 is 5.73 Å². The number of rotatable bonds is 2. The molecule has 0 spiro atoms. The summed E-state index contributed by atoms with van der Waals surface area (Å²) in [6.45, 7) is 3.81. The van der Waals surface area contributed by atoms with Gasteiger partial charge in [0.15, 0.2) is 0 Å². The second-order valence-corrected chi connectivity index (χ2v) is 4.13. The Balaban J connectivity index is 3.10. The molecule has 13 heavy (non-hydrogen) atoms. The lowest BCUT2D eigenvalue weighted by atomic mass is 10.0. The monoisotopic (exact) mass is 245 g/mol. The first-order valence-corrected chi connectivity index (χ1v) is 5.00. The van der Waals surface area contributed by atoms with Crippen LogP contribution >= 0.6 is 15.9 Å². The Hall–Kier alpha value is -0.410. The zero-order chi connectivity index (χ0) is 10.0. The highest BCUT2D eigenvalue weighted by atomic mass is 79.9. The second kappa shape index (κ2) is 4.20. The standard InChI is InChI=1S/C10H13BrFN/c1-6-3-4-9(12)8(10(6)11)5-7(2)13/h3-4,7H,5,13H2,1-2H3. The molecule has 0 heterocycles. The summed E-state index contributed by atoms with van der Waals surface area (Å²) in [7, 11) is 0. The van der Waals surface area contributed by atoms with Gasteiger partial charge in [-0.1, -0.05) is 22.0 Å². The van der Waals surface area contributed by atoms with Gasteiger partial charge < -0.3 is 5.73 Å². The molecule has 1 rings (SSSR count). The molecule has 0 aromatic heterocycles. The Morgan fingerprint density at radius 2 is 2.15 bits per heavy atom. The molecule has 1 nitrogen and oxygen atoms in total. The summed E-state index contributed by atoms with van der Waals surface area (Å²) < 4.78 is 14.1. The van der Waals surface area contributed by atoms with E-state index in [1.807, 2.05) is 13.8 Å². The van der Waals surface area contributed by atoms with Crippen molar-refractivity contribution in [2.75, 3.05) is 0 Å². The number of hydrogen-bond donors (Lipinski definition) is 1. The third-order valence-electron chi connectivity index (χ3n) is 1.91. The van der Waals surface area contributed by atoms with E-state index in [0.717, 1.165) is 10.0 Å². The molecule has 0 bridgehead atoms. The van der Waals surface area contributed by atoms with E-state index in [1.54, 1.807) is 6.07 Å². The Bertz CT molecular complexity index is 310. The van der Waals surface area contributed by atoms with Crippen LogP contribution in [0, 0.1) is 12.7 Å². The molecule has 0 aliphatic heterocycles. The van der Waals surface area contributed by atoms with Gasteiger partial charge in [0, 0.05) is 16.1 Å². The van der Waals surface area contributed by atoms with Crippen LogP contribution in [-0.2, 0) is 6.42 Å². The Kier molecular flexibility index (Phi) is 3.45. The number of halogens is 2. The predicted octanol–water partition coefficient (Wildman–Crippen LogP) is 2.79. The van der Waals surface area contributed by atoms with Gasteiger partial charge in [-0.15, -0.1) is 0 Å². The van der Waals surface area contributed by atoms with Crippen LogP contribution in [0.3, 0.4) is 0 Å². The highest BCUT2D eigenvalue weighted by Gasteiger charge is 2.10. The van der Waals surface area contributed by atoms with Crippen LogP contribution in [0.25, 0.3) is 0 Å². The van der Waals surface area contributed by atoms with E-state index in [0.29, 0.717) is 12.0 Å². The van der Waals surface area contributed by atoms with Crippen LogP contribution in [0.1, 0.15) is 18.1 Å². The second-order valence-electron chi connectivity index (χ2n) is 3.34. The fraction of sp³-hybridized carbons (Fsp3) is 0.400. The van der Waals surface area contributed by atoms with Crippen LogP contribution in [0.15, 0.2) is 16.6 Å². The van der Waals surface area contributed by atoms with Gasteiger partial charge in [-0.2, -0.15) is 0 Å². The highest BCUT2D eigenvalue weighted by Crippen LogP contribution is 2.24. The van der Waals surface area contributed by atoms with Gasteiger partial charge in [-0.3, -0.25) is 0 Å². The zero-order valence-corrected chi connectivity index (χ0v) is 9.36. The van der Waals surface area contributed by atoms with Gasteiger partial charge in [0.25, 0.3) is 0 Å². The van der Waals surface area contributed by atoms with Crippen molar-refractivity contribution in [3.63, 3.8) is 0 Å². The Morgan fingerprint density at radius 3 is 2.69 bits per heavy atom. The van der Waals surface area contributed by atoms with E-state index in [9.17, 15) is 4.39 Å². The van der Waals surface area contributed by atoms with Gasteiger partial charge in [-0.05, 0) is 31.9 Å². The molecule has 0 amide bonds. The van der Waals surface area contributed by atoms with E-state index >= 15 is 0 Å². The average molecular weight is 246 g/mol. The highest BCUT2D eigenvalue weighted by molar-refractivity contribution is 9.10. The van der Waals surface area contributed by atoms with Crippen molar-refractivity contribution in [3.8, 4) is 0 Å². The first-order chi connectivity index (χ1) is 6.02. The first-order valence-electron chi connectivity index (χ1n) is 4.21. The molecular weight excluding hydrogens is 233 g/mol. The van der Waals surface area contributed by atoms with E-state index in [-0.39, 0.29) is 11.9 Å². The van der Waals surface area contributed by atoms with E-state index in [4.69, 9.17) is 5.73 Å². The maximum atomic E-state index is 13.3. The molecular formula is C10H13BrFN. The molecule has 2 N–H and O–H groups in total. The van der Waals surface area contributed by atoms with Crippen LogP contribution in [0.2, 0.25) is 0 Å². The third kappa shape index (κ3) is 2.51. The lowest BCUT2D eigenvalue weighted by Gasteiger charge is -2.10. The molecule has 72 valence electrons. The van der Waals surface area contributed by atoms with Crippen LogP contribution in [0.5, 0.6) is 0 Å². The van der Waals surface area contributed by atoms with Crippen molar-refractivity contribution >= 4 is 15.9 Å². The van der Waals surface area contributed by atoms with Crippen molar-refractivity contribution in [2.45, 2.75) is 26.3 Å². The summed E-state index contributed by atoms with van der Waals surface area (Å²) in [5.41, 5.74) is 7.34. The smallest absolute Gasteiger partial charge is 0.127 e. The largest absolute Gasteiger partial charge is 0.328 e. The number of nitrogens with two attached hydrogens (primary N) is 1. The third-order valence-corrected chi connectivity index (χ3v) is 3.01. The summed E-state index contributed by atoms with van der Waals surface area (Å²) in [4.78, 5) is 0. The van der Waals surface area contributed by atoms with Crippen molar-refractivity contribution < 1.29 is 4.39 Å². The quantitative estimate of drug-likeness (QED) is 0.853. The maximum absolute atomic E-state index is 13.3. The SMILES string of the molecule is Cc1ccc(F)c(CC(C)N)c1Br. The van der Waals surface area contributed by atoms with Gasteiger partial charge in [0.2, 0.25) is 0 Å². The minimum absolute atomic E-state index is 0.0207. The topological polar surface area (TPSA) is 26.0 Å². The molecule has 1 aromatic carbocycles. The lowest BCUT2D eigenvalue weighted by molar-refractivity contribution is 0.593. The fourth-order valence-corrected chi connectivity index (χ4v) is 1.71. The minimum Gasteiger partial charge on any atom is -0.328 e. The molecule has 1 atom stereocenters. The van der Waals surface area contributed by atoms with Crippen LogP contribution in [-0.4, -0.2) is 6.04 Å². The van der Waals surface area contributed by atoms with Crippen molar-refractivity contribution in [1.29, 1.82) is 0 Å².